The molecule has 0 radical (unpaired) electrons. The average Bonchev–Trinajstić information content (AvgIpc) is 3.10. The summed E-state index contributed by atoms with van der Waals surface area (Å²) >= 11 is 0. The van der Waals surface area contributed by atoms with Crippen molar-refractivity contribution in [1.29, 1.82) is 0 Å². The van der Waals surface area contributed by atoms with Gasteiger partial charge >= 0.3 is 11.9 Å². The fourth-order valence-electron chi connectivity index (χ4n) is 3.59. The molecule has 29 heavy (non-hydrogen) atoms. The lowest BCUT2D eigenvalue weighted by molar-refractivity contribution is -0.172. The molecular formula is C24H27NO4. The van der Waals surface area contributed by atoms with Crippen molar-refractivity contribution in [2.45, 2.75) is 51.2 Å². The Morgan fingerprint density at radius 3 is 2.14 bits per heavy atom. The van der Waals surface area contributed by atoms with Crippen LogP contribution >= 0.6 is 0 Å². The van der Waals surface area contributed by atoms with Crippen LogP contribution in [0.1, 0.15) is 51.2 Å². The predicted octanol–water partition coefficient (Wildman–Crippen LogP) is 4.31. The summed E-state index contributed by atoms with van der Waals surface area (Å²) < 4.78 is 11.0. The fraction of sp³-hybridized carbons (Fsp3) is 0.375. The van der Waals surface area contributed by atoms with E-state index in [4.69, 9.17) is 14.5 Å². The summed E-state index contributed by atoms with van der Waals surface area (Å²) in [6.07, 6.45) is 0.437. The van der Waals surface area contributed by atoms with E-state index in [1.807, 2.05) is 60.7 Å². The SMILES string of the molecule is CCOC(=O)C1(C(=O)OC(C)(C)C)N=C(c2ccccc2)CC1c1ccccc1. The highest BCUT2D eigenvalue weighted by molar-refractivity contribution is 6.15. The molecule has 1 aliphatic heterocycles. The first-order chi connectivity index (χ1) is 13.8. The normalized spacial score (nSPS) is 21.4. The van der Waals surface area contributed by atoms with Crippen LogP contribution < -0.4 is 0 Å². The lowest BCUT2D eigenvalue weighted by Gasteiger charge is -2.32. The number of esters is 2. The summed E-state index contributed by atoms with van der Waals surface area (Å²) in [6, 6.07) is 19.1. The van der Waals surface area contributed by atoms with Gasteiger partial charge in [0.1, 0.15) is 5.60 Å². The first-order valence-corrected chi connectivity index (χ1v) is 9.87. The van der Waals surface area contributed by atoms with E-state index >= 15 is 0 Å². The first kappa shape index (κ1) is 20.8. The largest absolute Gasteiger partial charge is 0.464 e. The fourth-order valence-corrected chi connectivity index (χ4v) is 3.59. The average molecular weight is 393 g/mol. The molecule has 0 amide bonds. The molecule has 0 saturated carbocycles. The van der Waals surface area contributed by atoms with Crippen LogP contribution in [0.5, 0.6) is 0 Å². The smallest absolute Gasteiger partial charge is 0.347 e. The minimum Gasteiger partial charge on any atom is -0.464 e. The molecule has 0 aromatic heterocycles. The third-order valence-corrected chi connectivity index (χ3v) is 4.82. The summed E-state index contributed by atoms with van der Waals surface area (Å²) in [7, 11) is 0. The Balaban J connectivity index is 2.18. The standard InChI is InChI=1S/C24H27NO4/c1-5-28-21(26)24(22(27)29-23(2,3)4)19(17-12-8-6-9-13-17)16-20(25-24)18-14-10-7-11-15-18/h6-15,19H,5,16H2,1-4H3. The van der Waals surface area contributed by atoms with Crippen molar-refractivity contribution in [2.24, 2.45) is 4.99 Å². The zero-order valence-electron chi connectivity index (χ0n) is 17.3. The van der Waals surface area contributed by atoms with Crippen LogP contribution in [0.4, 0.5) is 0 Å². The molecule has 1 aliphatic rings. The van der Waals surface area contributed by atoms with Gasteiger partial charge in [0.2, 0.25) is 0 Å². The van der Waals surface area contributed by atoms with Crippen LogP contribution in [0.25, 0.3) is 0 Å². The van der Waals surface area contributed by atoms with E-state index in [2.05, 4.69) is 0 Å². The highest BCUT2D eigenvalue weighted by Gasteiger charge is 2.60. The Bertz CT molecular complexity index is 899. The van der Waals surface area contributed by atoms with E-state index in [1.54, 1.807) is 27.7 Å². The Morgan fingerprint density at radius 2 is 1.59 bits per heavy atom. The predicted molar refractivity (Wildman–Crippen MR) is 112 cm³/mol. The Kier molecular flexibility index (Phi) is 5.87. The molecule has 152 valence electrons. The van der Waals surface area contributed by atoms with Gasteiger partial charge in [-0.2, -0.15) is 0 Å². The Morgan fingerprint density at radius 1 is 1.00 bits per heavy atom. The lowest BCUT2D eigenvalue weighted by Crippen LogP contribution is -2.51. The van der Waals surface area contributed by atoms with Crippen LogP contribution in [-0.2, 0) is 19.1 Å². The van der Waals surface area contributed by atoms with Gasteiger partial charge in [0.15, 0.2) is 0 Å². The third kappa shape index (κ3) is 4.24. The second kappa shape index (κ2) is 8.19. The molecule has 5 heteroatoms. The number of hydrogen-bond acceptors (Lipinski definition) is 5. The molecule has 2 unspecified atom stereocenters. The van der Waals surface area contributed by atoms with E-state index < -0.39 is 29.0 Å². The van der Waals surface area contributed by atoms with Gasteiger partial charge in [-0.05, 0) is 38.8 Å². The van der Waals surface area contributed by atoms with E-state index in [9.17, 15) is 9.59 Å². The van der Waals surface area contributed by atoms with Crippen molar-refractivity contribution in [2.75, 3.05) is 6.61 Å². The Hall–Kier alpha value is -2.95. The number of hydrogen-bond donors (Lipinski definition) is 0. The maximum Gasteiger partial charge on any atom is 0.347 e. The molecule has 0 bridgehead atoms. The molecule has 1 heterocycles. The summed E-state index contributed by atoms with van der Waals surface area (Å²) in [5.41, 5.74) is -0.110. The molecule has 5 nitrogen and oxygen atoms in total. The molecule has 2 aromatic carbocycles. The lowest BCUT2D eigenvalue weighted by atomic mass is 9.78. The van der Waals surface area contributed by atoms with Crippen LogP contribution in [-0.4, -0.2) is 35.4 Å². The molecule has 2 aromatic rings. The van der Waals surface area contributed by atoms with Crippen LogP contribution in [0, 0.1) is 0 Å². The summed E-state index contributed by atoms with van der Waals surface area (Å²) in [5.74, 6) is -1.86. The first-order valence-electron chi connectivity index (χ1n) is 9.87. The topological polar surface area (TPSA) is 65.0 Å². The van der Waals surface area contributed by atoms with E-state index in [1.165, 1.54) is 0 Å². The molecule has 2 atom stereocenters. The van der Waals surface area contributed by atoms with Crippen molar-refractivity contribution < 1.29 is 19.1 Å². The number of rotatable bonds is 5. The molecule has 0 spiro atoms. The molecule has 0 fully saturated rings. The van der Waals surface area contributed by atoms with Crippen LogP contribution in [0.15, 0.2) is 65.7 Å². The minimum absolute atomic E-state index is 0.154. The zero-order valence-corrected chi connectivity index (χ0v) is 17.3. The van der Waals surface area contributed by atoms with Crippen LogP contribution in [0.3, 0.4) is 0 Å². The maximum atomic E-state index is 13.4. The van der Waals surface area contributed by atoms with Gasteiger partial charge in [-0.25, -0.2) is 9.59 Å². The van der Waals surface area contributed by atoms with Crippen LogP contribution in [0.2, 0.25) is 0 Å². The van der Waals surface area contributed by atoms with Gasteiger partial charge in [0.25, 0.3) is 5.54 Å². The van der Waals surface area contributed by atoms with Gasteiger partial charge in [-0.15, -0.1) is 0 Å². The summed E-state index contributed by atoms with van der Waals surface area (Å²) in [5, 5.41) is 0. The van der Waals surface area contributed by atoms with Crippen molar-refractivity contribution in [1.82, 2.24) is 0 Å². The molecule has 0 aliphatic carbocycles. The summed E-state index contributed by atoms with van der Waals surface area (Å²) in [4.78, 5) is 31.4. The van der Waals surface area contributed by atoms with Gasteiger partial charge < -0.3 is 9.47 Å². The second-order valence-electron chi connectivity index (χ2n) is 8.08. The maximum absolute atomic E-state index is 13.4. The molecular weight excluding hydrogens is 366 g/mol. The number of benzene rings is 2. The minimum atomic E-state index is -1.77. The van der Waals surface area contributed by atoms with Gasteiger partial charge in [0, 0.05) is 18.1 Å². The number of ether oxygens (including phenoxy) is 2. The summed E-state index contributed by atoms with van der Waals surface area (Å²) in [6.45, 7) is 7.20. The van der Waals surface area contributed by atoms with Gasteiger partial charge in [-0.1, -0.05) is 60.7 Å². The Labute approximate surface area is 171 Å². The number of carbonyl (C=O) groups excluding carboxylic acids is 2. The second-order valence-corrected chi connectivity index (χ2v) is 8.08. The molecule has 3 rings (SSSR count). The quantitative estimate of drug-likeness (QED) is 0.561. The van der Waals surface area contributed by atoms with Gasteiger partial charge in [0.05, 0.1) is 6.61 Å². The van der Waals surface area contributed by atoms with Crippen molar-refractivity contribution in [3.8, 4) is 0 Å². The number of aliphatic imine (C=N–C) groups is 1. The third-order valence-electron chi connectivity index (χ3n) is 4.82. The van der Waals surface area contributed by atoms with Crippen molar-refractivity contribution in [3.05, 3.63) is 71.8 Å². The molecule has 0 N–H and O–H groups in total. The van der Waals surface area contributed by atoms with Crippen molar-refractivity contribution in [3.63, 3.8) is 0 Å². The van der Waals surface area contributed by atoms with Gasteiger partial charge in [-0.3, -0.25) is 4.99 Å². The van der Waals surface area contributed by atoms with E-state index in [0.29, 0.717) is 12.1 Å². The molecule has 0 saturated heterocycles. The monoisotopic (exact) mass is 393 g/mol. The number of nitrogens with zero attached hydrogens (tertiary/aromatic N) is 1. The van der Waals surface area contributed by atoms with Crippen molar-refractivity contribution >= 4 is 17.7 Å². The highest BCUT2D eigenvalue weighted by Crippen LogP contribution is 2.44. The zero-order chi connectivity index (χ0) is 21.1. The number of carbonyl (C=O) groups is 2. The van der Waals surface area contributed by atoms with E-state index in [-0.39, 0.29) is 6.61 Å². The van der Waals surface area contributed by atoms with E-state index in [0.717, 1.165) is 11.1 Å². The highest BCUT2D eigenvalue weighted by atomic mass is 16.6.